The van der Waals surface area contributed by atoms with Gasteiger partial charge in [-0.2, -0.15) is 0 Å². The van der Waals surface area contributed by atoms with Crippen molar-refractivity contribution in [3.05, 3.63) is 46.5 Å². The summed E-state index contributed by atoms with van der Waals surface area (Å²) >= 11 is 0. The van der Waals surface area contributed by atoms with Crippen molar-refractivity contribution in [1.82, 2.24) is 24.4 Å². The smallest absolute Gasteiger partial charge is 0.253 e. The Bertz CT molecular complexity index is 888. The topological polar surface area (TPSA) is 67.2 Å². The number of hydrogen-bond acceptors (Lipinski definition) is 6. The Hall–Kier alpha value is -2.28. The first-order valence-corrected chi connectivity index (χ1v) is 10.1. The summed E-state index contributed by atoms with van der Waals surface area (Å²) < 4.78 is 1.71. The van der Waals surface area contributed by atoms with Gasteiger partial charge in [-0.05, 0) is 18.8 Å². The molecule has 7 nitrogen and oxygen atoms in total. The number of fused-ring (bicyclic) bond motifs is 1. The zero-order valence-corrected chi connectivity index (χ0v) is 17.3. The summed E-state index contributed by atoms with van der Waals surface area (Å²) in [6.45, 7) is 14.3. The van der Waals surface area contributed by atoms with Gasteiger partial charge in [-0.1, -0.05) is 20.8 Å². The van der Waals surface area contributed by atoms with Crippen molar-refractivity contribution < 1.29 is 0 Å². The van der Waals surface area contributed by atoms with Crippen LogP contribution in [-0.2, 0) is 12.0 Å². The second-order valence-corrected chi connectivity index (χ2v) is 9.26. The van der Waals surface area contributed by atoms with E-state index in [2.05, 4.69) is 51.6 Å². The molecule has 2 saturated heterocycles. The van der Waals surface area contributed by atoms with Crippen LogP contribution in [-0.4, -0.2) is 57.1 Å². The molecule has 0 N–H and O–H groups in total. The third-order valence-corrected chi connectivity index (χ3v) is 5.98. The first-order valence-electron chi connectivity index (χ1n) is 10.1. The van der Waals surface area contributed by atoms with Crippen LogP contribution in [0.4, 0.5) is 5.82 Å². The van der Waals surface area contributed by atoms with E-state index in [9.17, 15) is 4.79 Å². The van der Waals surface area contributed by atoms with Gasteiger partial charge in [-0.3, -0.25) is 9.36 Å². The van der Waals surface area contributed by atoms with Gasteiger partial charge in [-0.15, -0.1) is 0 Å². The van der Waals surface area contributed by atoms with E-state index in [1.807, 2.05) is 6.92 Å². The molecule has 2 aromatic heterocycles. The van der Waals surface area contributed by atoms with E-state index in [-0.39, 0.29) is 11.0 Å². The molecular weight excluding hydrogens is 352 g/mol. The second kappa shape index (κ2) is 7.28. The normalized spacial score (nSPS) is 22.6. The van der Waals surface area contributed by atoms with Crippen LogP contribution in [0.25, 0.3) is 0 Å². The Balaban J connectivity index is 1.34. The molecule has 4 heterocycles. The quantitative estimate of drug-likeness (QED) is 0.802. The molecule has 0 radical (unpaired) electrons. The molecule has 2 aliphatic heterocycles. The number of aromatic nitrogens is 4. The molecule has 0 saturated carbocycles. The summed E-state index contributed by atoms with van der Waals surface area (Å²) in [5.74, 6) is 2.39. The minimum Gasteiger partial charge on any atom is -0.356 e. The number of nitrogens with zero attached hydrogens (tertiary/aromatic N) is 6. The van der Waals surface area contributed by atoms with E-state index in [4.69, 9.17) is 0 Å². The molecular formula is C21H30N6O. The molecule has 0 aliphatic carbocycles. The highest BCUT2D eigenvalue weighted by Gasteiger charge is 2.40. The maximum absolute atomic E-state index is 12.0. The number of rotatable bonds is 4. The van der Waals surface area contributed by atoms with Crippen molar-refractivity contribution in [2.24, 2.45) is 11.8 Å². The van der Waals surface area contributed by atoms with Crippen LogP contribution in [0.5, 0.6) is 0 Å². The van der Waals surface area contributed by atoms with Crippen LogP contribution < -0.4 is 10.5 Å². The molecule has 2 unspecified atom stereocenters. The van der Waals surface area contributed by atoms with Crippen molar-refractivity contribution in [2.45, 2.75) is 39.7 Å². The molecule has 0 aromatic carbocycles. The van der Waals surface area contributed by atoms with Gasteiger partial charge >= 0.3 is 0 Å². The lowest BCUT2D eigenvalue weighted by Crippen LogP contribution is -2.33. The first-order chi connectivity index (χ1) is 13.3. The summed E-state index contributed by atoms with van der Waals surface area (Å²) in [7, 11) is 0. The fraction of sp³-hybridized carbons (Fsp3) is 0.619. The molecule has 2 aliphatic rings. The van der Waals surface area contributed by atoms with Crippen molar-refractivity contribution >= 4 is 5.82 Å². The van der Waals surface area contributed by atoms with Crippen LogP contribution in [0.15, 0.2) is 29.6 Å². The van der Waals surface area contributed by atoms with E-state index in [0.29, 0.717) is 18.4 Å². The summed E-state index contributed by atoms with van der Waals surface area (Å²) in [4.78, 5) is 30.1. The predicted octanol–water partition coefficient (Wildman–Crippen LogP) is 1.71. The third kappa shape index (κ3) is 3.94. The van der Waals surface area contributed by atoms with E-state index >= 15 is 0 Å². The Kier molecular flexibility index (Phi) is 4.95. The van der Waals surface area contributed by atoms with Gasteiger partial charge in [0.1, 0.15) is 12.1 Å². The lowest BCUT2D eigenvalue weighted by atomic mass is 9.92. The van der Waals surface area contributed by atoms with Crippen LogP contribution in [0, 0.1) is 18.8 Å². The molecule has 0 spiro atoms. The molecule has 0 amide bonds. The van der Waals surface area contributed by atoms with Crippen molar-refractivity contribution in [3.8, 4) is 0 Å². The van der Waals surface area contributed by atoms with Gasteiger partial charge in [0.05, 0.1) is 12.0 Å². The zero-order chi connectivity index (χ0) is 19.9. The molecule has 2 aromatic rings. The van der Waals surface area contributed by atoms with E-state index in [0.717, 1.165) is 49.9 Å². The van der Waals surface area contributed by atoms with Crippen molar-refractivity contribution in [2.75, 3.05) is 37.6 Å². The Morgan fingerprint density at radius 1 is 1.00 bits per heavy atom. The molecule has 4 rings (SSSR count). The fourth-order valence-corrected chi connectivity index (χ4v) is 4.32. The molecule has 0 bridgehead atoms. The van der Waals surface area contributed by atoms with Crippen molar-refractivity contribution in [3.63, 3.8) is 0 Å². The molecule has 2 atom stereocenters. The highest BCUT2D eigenvalue weighted by atomic mass is 16.1. The second-order valence-electron chi connectivity index (χ2n) is 9.26. The van der Waals surface area contributed by atoms with Gasteiger partial charge in [0.15, 0.2) is 0 Å². The largest absolute Gasteiger partial charge is 0.356 e. The van der Waals surface area contributed by atoms with E-state index < -0.39 is 0 Å². The van der Waals surface area contributed by atoms with Gasteiger partial charge in [0.25, 0.3) is 5.56 Å². The van der Waals surface area contributed by atoms with Crippen LogP contribution in [0.3, 0.4) is 0 Å². The molecule has 2 fully saturated rings. The van der Waals surface area contributed by atoms with Gasteiger partial charge < -0.3 is 9.80 Å². The summed E-state index contributed by atoms with van der Waals surface area (Å²) in [5.41, 5.74) is 1.94. The summed E-state index contributed by atoms with van der Waals surface area (Å²) in [6.07, 6.45) is 3.36. The van der Waals surface area contributed by atoms with Crippen molar-refractivity contribution in [1.29, 1.82) is 0 Å². The summed E-state index contributed by atoms with van der Waals surface area (Å²) in [6, 6.07) is 3.75. The third-order valence-electron chi connectivity index (χ3n) is 5.98. The van der Waals surface area contributed by atoms with Gasteiger partial charge in [0, 0.05) is 62.5 Å². The highest BCUT2D eigenvalue weighted by molar-refractivity contribution is 5.42. The Morgan fingerprint density at radius 2 is 1.71 bits per heavy atom. The summed E-state index contributed by atoms with van der Waals surface area (Å²) in [5, 5.41) is 0. The number of anilines is 1. The monoisotopic (exact) mass is 382 g/mol. The lowest BCUT2D eigenvalue weighted by molar-refractivity contribution is 0.300. The number of likely N-dealkylation sites (tertiary alicyclic amines) is 1. The molecule has 7 heteroatoms. The lowest BCUT2D eigenvalue weighted by Gasteiger charge is -2.24. The number of aryl methyl sites for hydroxylation is 1. The molecule has 28 heavy (non-hydrogen) atoms. The average molecular weight is 383 g/mol. The SMILES string of the molecule is Cc1cc(=O)n(CCN2CC3CN(c4cc(C(C)(C)C)ncn4)CC3C2)cn1. The van der Waals surface area contributed by atoms with Crippen LogP contribution in [0.2, 0.25) is 0 Å². The van der Waals surface area contributed by atoms with E-state index in [1.165, 1.54) is 0 Å². The van der Waals surface area contributed by atoms with Gasteiger partial charge in [0.2, 0.25) is 0 Å². The minimum absolute atomic E-state index is 0.0347. The maximum atomic E-state index is 12.0. The Labute approximate surface area is 166 Å². The Morgan fingerprint density at radius 3 is 2.36 bits per heavy atom. The number of hydrogen-bond donors (Lipinski definition) is 0. The average Bonchev–Trinajstić information content (AvgIpc) is 3.19. The van der Waals surface area contributed by atoms with Gasteiger partial charge in [-0.25, -0.2) is 15.0 Å². The highest BCUT2D eigenvalue weighted by Crippen LogP contribution is 2.34. The maximum Gasteiger partial charge on any atom is 0.253 e. The first kappa shape index (κ1) is 19.1. The minimum atomic E-state index is 0.0347. The van der Waals surface area contributed by atoms with Crippen LogP contribution in [0.1, 0.15) is 32.2 Å². The van der Waals surface area contributed by atoms with Crippen LogP contribution >= 0.6 is 0 Å². The zero-order valence-electron chi connectivity index (χ0n) is 17.3. The predicted molar refractivity (Wildman–Crippen MR) is 110 cm³/mol. The van der Waals surface area contributed by atoms with E-state index in [1.54, 1.807) is 23.3 Å². The standard InChI is InChI=1S/C21H30N6O/c1-15-7-20(28)26(14-24-15)6-5-25-9-16-11-27(12-17(16)10-25)19-8-18(21(2,3)4)22-13-23-19/h7-8,13-14,16-17H,5-6,9-12H2,1-4H3. The fourth-order valence-electron chi connectivity index (χ4n) is 4.32. The molecule has 150 valence electrons.